The lowest BCUT2D eigenvalue weighted by molar-refractivity contribution is 0.0735. The van der Waals surface area contributed by atoms with Gasteiger partial charge in [-0.25, -0.2) is 9.18 Å². The summed E-state index contributed by atoms with van der Waals surface area (Å²) in [6.45, 7) is 0. The van der Waals surface area contributed by atoms with Crippen molar-refractivity contribution in [1.29, 1.82) is 0 Å². The Morgan fingerprint density at radius 1 is 1.00 bits per heavy atom. The first kappa shape index (κ1) is 23.6. The van der Waals surface area contributed by atoms with Crippen LogP contribution >= 0.6 is 35.4 Å². The molecule has 0 fully saturated rings. The number of rotatable bonds is 5. The highest BCUT2D eigenvalue weighted by Crippen LogP contribution is 2.29. The van der Waals surface area contributed by atoms with Crippen LogP contribution in [0.3, 0.4) is 0 Å². The van der Waals surface area contributed by atoms with Crippen LogP contribution in [0.2, 0.25) is 10.0 Å². The third-order valence-electron chi connectivity index (χ3n) is 4.75. The van der Waals surface area contributed by atoms with Gasteiger partial charge in [-0.15, -0.1) is 0 Å². The van der Waals surface area contributed by atoms with Crippen LogP contribution in [0.15, 0.2) is 84.0 Å². The predicted octanol–water partition coefficient (Wildman–Crippen LogP) is 6.83. The first-order valence-corrected chi connectivity index (χ1v) is 11.1. The van der Waals surface area contributed by atoms with Gasteiger partial charge in [-0.05, 0) is 71.5 Å². The van der Waals surface area contributed by atoms with E-state index < -0.39 is 5.97 Å². The molecule has 4 aromatic rings. The van der Waals surface area contributed by atoms with Gasteiger partial charge in [0.05, 0.1) is 16.8 Å². The number of benzene rings is 4. The van der Waals surface area contributed by atoms with Crippen LogP contribution in [-0.2, 0) is 0 Å². The molecule has 5 nitrogen and oxygen atoms in total. The number of thiocarbonyl (C=S) groups is 1. The number of carbonyl (C=O) groups is 1. The fourth-order valence-corrected chi connectivity index (χ4v) is 3.81. The molecule has 0 unspecified atom stereocenters. The van der Waals surface area contributed by atoms with Crippen LogP contribution < -0.4 is 15.5 Å². The monoisotopic (exact) mass is 511 g/mol. The van der Waals surface area contributed by atoms with E-state index in [0.29, 0.717) is 16.3 Å². The summed E-state index contributed by atoms with van der Waals surface area (Å²) in [5.74, 6) is -0.689. The minimum absolute atomic E-state index is 0.185. The first-order valence-electron chi connectivity index (χ1n) is 9.95. The van der Waals surface area contributed by atoms with Crippen molar-refractivity contribution in [3.05, 3.63) is 106 Å². The Kier molecular flexibility index (Phi) is 7.37. The molecule has 170 valence electrons. The van der Waals surface area contributed by atoms with E-state index in [1.165, 1.54) is 30.5 Å². The Morgan fingerprint density at radius 2 is 1.76 bits per heavy atom. The number of carbonyl (C=O) groups excluding carboxylic acids is 1. The van der Waals surface area contributed by atoms with Crippen LogP contribution in [0.1, 0.15) is 15.9 Å². The molecular formula is C25H16Cl2FN3O2S. The molecule has 34 heavy (non-hydrogen) atoms. The average molecular weight is 512 g/mol. The lowest BCUT2D eigenvalue weighted by Crippen LogP contribution is -2.23. The number of hydrogen-bond donors (Lipinski definition) is 2. The van der Waals surface area contributed by atoms with Crippen molar-refractivity contribution in [1.82, 2.24) is 5.43 Å². The fourth-order valence-electron chi connectivity index (χ4n) is 3.16. The first-order chi connectivity index (χ1) is 16.4. The second-order valence-corrected chi connectivity index (χ2v) is 8.30. The zero-order valence-corrected chi connectivity index (χ0v) is 19.7. The Balaban J connectivity index is 1.57. The lowest BCUT2D eigenvalue weighted by Gasteiger charge is -2.12. The van der Waals surface area contributed by atoms with E-state index in [9.17, 15) is 9.18 Å². The fraction of sp³-hybridized carbons (Fsp3) is 0. The smallest absolute Gasteiger partial charge is 0.345 e. The van der Waals surface area contributed by atoms with Crippen molar-refractivity contribution in [2.75, 3.05) is 5.32 Å². The lowest BCUT2D eigenvalue weighted by atomic mass is 10.0. The molecule has 4 rings (SSSR count). The Morgan fingerprint density at radius 3 is 2.53 bits per heavy atom. The van der Waals surface area contributed by atoms with Crippen LogP contribution in [0.25, 0.3) is 10.8 Å². The van der Waals surface area contributed by atoms with E-state index in [1.54, 1.807) is 24.3 Å². The summed E-state index contributed by atoms with van der Waals surface area (Å²) in [5, 5.41) is 9.64. The molecule has 0 spiro atoms. The molecule has 0 aliphatic carbocycles. The molecule has 0 amide bonds. The zero-order chi connectivity index (χ0) is 24.1. The number of ether oxygens (including phenoxy) is 1. The standard InChI is InChI=1S/C25H16Cl2FN3O2S/c26-16-6-11-20(22(27)13-16)24(32)33-23-12-5-15-3-1-2-4-19(15)21(23)14-29-31-25(34)30-18-9-7-17(28)8-10-18/h1-14H,(H2,30,31,34)/b29-14-. The summed E-state index contributed by atoms with van der Waals surface area (Å²) < 4.78 is 18.7. The molecule has 0 saturated carbocycles. The molecular weight excluding hydrogens is 496 g/mol. The molecule has 9 heteroatoms. The number of nitrogens with zero attached hydrogens (tertiary/aromatic N) is 1. The maximum atomic E-state index is 13.1. The van der Waals surface area contributed by atoms with E-state index >= 15 is 0 Å². The van der Waals surface area contributed by atoms with E-state index in [1.807, 2.05) is 30.3 Å². The summed E-state index contributed by atoms with van der Waals surface area (Å²) in [6.07, 6.45) is 1.51. The number of anilines is 1. The van der Waals surface area contributed by atoms with Crippen LogP contribution in [-0.4, -0.2) is 17.3 Å². The minimum Gasteiger partial charge on any atom is -0.422 e. The molecule has 0 radical (unpaired) electrons. The van der Waals surface area contributed by atoms with E-state index in [4.69, 9.17) is 40.2 Å². The van der Waals surface area contributed by atoms with Crippen LogP contribution in [0.5, 0.6) is 5.75 Å². The molecule has 4 aromatic carbocycles. The zero-order valence-electron chi connectivity index (χ0n) is 17.4. The van der Waals surface area contributed by atoms with Gasteiger partial charge in [-0.1, -0.05) is 53.5 Å². The second-order valence-electron chi connectivity index (χ2n) is 7.04. The van der Waals surface area contributed by atoms with Gasteiger partial charge in [0.15, 0.2) is 5.11 Å². The SMILES string of the molecule is O=C(Oc1ccc2ccccc2c1/C=N\NC(=S)Nc1ccc(F)cc1)c1ccc(Cl)cc1Cl. The van der Waals surface area contributed by atoms with Gasteiger partial charge in [0.25, 0.3) is 0 Å². The van der Waals surface area contributed by atoms with Crippen molar-refractivity contribution in [2.45, 2.75) is 0 Å². The summed E-state index contributed by atoms with van der Waals surface area (Å²) in [6, 6.07) is 21.4. The highest BCUT2D eigenvalue weighted by Gasteiger charge is 2.16. The van der Waals surface area contributed by atoms with Crippen molar-refractivity contribution in [3.63, 3.8) is 0 Å². The van der Waals surface area contributed by atoms with Gasteiger partial charge >= 0.3 is 5.97 Å². The molecule has 0 aliphatic heterocycles. The van der Waals surface area contributed by atoms with Gasteiger partial charge in [-0.3, -0.25) is 5.43 Å². The molecule has 0 heterocycles. The number of hydrogen-bond acceptors (Lipinski definition) is 4. The highest BCUT2D eigenvalue weighted by molar-refractivity contribution is 7.80. The number of nitrogens with one attached hydrogen (secondary N) is 2. The van der Waals surface area contributed by atoms with Gasteiger partial charge in [-0.2, -0.15) is 5.10 Å². The number of halogens is 3. The molecule has 2 N–H and O–H groups in total. The van der Waals surface area contributed by atoms with Crippen molar-refractivity contribution in [2.24, 2.45) is 5.10 Å². The summed E-state index contributed by atoms with van der Waals surface area (Å²) in [4.78, 5) is 12.8. The molecule has 0 atom stereocenters. The van der Waals surface area contributed by atoms with Crippen molar-refractivity contribution < 1.29 is 13.9 Å². The quantitative estimate of drug-likeness (QED) is 0.101. The van der Waals surface area contributed by atoms with Gasteiger partial charge < -0.3 is 10.1 Å². The highest BCUT2D eigenvalue weighted by atomic mass is 35.5. The van der Waals surface area contributed by atoms with E-state index in [0.717, 1.165) is 10.8 Å². The Hall–Kier alpha value is -3.52. The van der Waals surface area contributed by atoms with E-state index in [2.05, 4.69) is 15.8 Å². The largest absolute Gasteiger partial charge is 0.422 e. The predicted molar refractivity (Wildman–Crippen MR) is 139 cm³/mol. The molecule has 0 aliphatic rings. The normalized spacial score (nSPS) is 10.9. The Labute approximate surface area is 210 Å². The van der Waals surface area contributed by atoms with Gasteiger partial charge in [0.1, 0.15) is 11.6 Å². The summed E-state index contributed by atoms with van der Waals surface area (Å²) in [7, 11) is 0. The second kappa shape index (κ2) is 10.6. The molecule has 0 saturated heterocycles. The maximum absolute atomic E-state index is 13.1. The number of hydrazone groups is 1. The molecule has 0 bridgehead atoms. The number of fused-ring (bicyclic) bond motifs is 1. The van der Waals surface area contributed by atoms with Gasteiger partial charge in [0, 0.05) is 16.3 Å². The van der Waals surface area contributed by atoms with Crippen molar-refractivity contribution >= 4 is 69.2 Å². The minimum atomic E-state index is -0.631. The van der Waals surface area contributed by atoms with Gasteiger partial charge in [0.2, 0.25) is 0 Å². The summed E-state index contributed by atoms with van der Waals surface area (Å²) >= 11 is 17.3. The Bertz CT molecular complexity index is 1410. The van der Waals surface area contributed by atoms with Crippen molar-refractivity contribution in [3.8, 4) is 5.75 Å². The van der Waals surface area contributed by atoms with Crippen LogP contribution in [0.4, 0.5) is 10.1 Å². The topological polar surface area (TPSA) is 62.7 Å². The summed E-state index contributed by atoms with van der Waals surface area (Å²) in [5.41, 5.74) is 4.06. The third kappa shape index (κ3) is 5.69. The third-order valence-corrected chi connectivity index (χ3v) is 5.49. The number of esters is 1. The average Bonchev–Trinajstić information content (AvgIpc) is 2.81. The molecule has 0 aromatic heterocycles. The van der Waals surface area contributed by atoms with Crippen LogP contribution in [0, 0.1) is 5.82 Å². The maximum Gasteiger partial charge on any atom is 0.345 e. The van der Waals surface area contributed by atoms with E-state index in [-0.39, 0.29) is 27.3 Å².